The van der Waals surface area contributed by atoms with E-state index in [1.807, 2.05) is 0 Å². The number of fused-ring (bicyclic) bond motifs is 3. The first kappa shape index (κ1) is 17.4. The van der Waals surface area contributed by atoms with Gasteiger partial charge in [0.15, 0.2) is 0 Å². The number of carbonyl (C=O) groups is 1. The summed E-state index contributed by atoms with van der Waals surface area (Å²) in [6, 6.07) is 0. The van der Waals surface area contributed by atoms with Gasteiger partial charge >= 0.3 is 5.30 Å². The van der Waals surface area contributed by atoms with Crippen LogP contribution in [0.4, 0.5) is 4.79 Å². The van der Waals surface area contributed by atoms with E-state index in [4.69, 9.17) is 4.74 Å². The zero-order valence-corrected chi connectivity index (χ0v) is 16.6. The van der Waals surface area contributed by atoms with E-state index in [2.05, 4.69) is 40.2 Å². The Bertz CT molecular complexity index is 540. The average Bonchev–Trinajstić information content (AvgIpc) is 3.19. The van der Waals surface area contributed by atoms with Gasteiger partial charge in [0, 0.05) is 5.92 Å². The number of ether oxygens (including phenoxy) is 1. The van der Waals surface area contributed by atoms with E-state index in [1.165, 1.54) is 25.7 Å². The Morgan fingerprint density at radius 2 is 2.00 bits per heavy atom. The van der Waals surface area contributed by atoms with E-state index in [0.717, 1.165) is 24.5 Å². The van der Waals surface area contributed by atoms with E-state index in [-0.39, 0.29) is 16.3 Å². The molecule has 23 heavy (non-hydrogen) atoms. The number of carbonyl (C=O) groups excluding carboxylic acids is 1. The van der Waals surface area contributed by atoms with E-state index >= 15 is 0 Å². The lowest BCUT2D eigenvalue weighted by Crippen LogP contribution is -2.46. The van der Waals surface area contributed by atoms with E-state index < -0.39 is 10.0 Å². The molecule has 3 atom stereocenters. The molecule has 2 saturated carbocycles. The quantitative estimate of drug-likeness (QED) is 0.473. The second kappa shape index (κ2) is 5.54. The molecule has 0 aliphatic heterocycles. The molecule has 3 aliphatic rings. The molecule has 2 nitrogen and oxygen atoms in total. The highest BCUT2D eigenvalue weighted by molar-refractivity contribution is 8.44. The third-order valence-electron chi connectivity index (χ3n) is 6.04. The van der Waals surface area contributed by atoms with Crippen LogP contribution >= 0.6 is 10.0 Å². The lowest BCUT2D eigenvalue weighted by atomic mass is 9.67. The summed E-state index contributed by atoms with van der Waals surface area (Å²) in [6.45, 7) is 8.88. The molecule has 3 aliphatic carbocycles. The van der Waals surface area contributed by atoms with Crippen molar-refractivity contribution in [3.63, 3.8) is 0 Å². The molecular weight excluding hydrogens is 304 g/mol. The largest absolute Gasteiger partial charge is 0.452 e. The van der Waals surface area contributed by atoms with Crippen molar-refractivity contribution in [1.29, 1.82) is 0 Å². The molecule has 0 radical (unpaired) electrons. The topological polar surface area (TPSA) is 26.3 Å². The van der Waals surface area contributed by atoms with Crippen molar-refractivity contribution in [3.8, 4) is 0 Å². The van der Waals surface area contributed by atoms with Crippen molar-refractivity contribution >= 4 is 15.3 Å². The smallest absolute Gasteiger partial charge is 0.349 e. The normalized spacial score (nSPS) is 34.0. The molecule has 0 heterocycles. The van der Waals surface area contributed by atoms with Crippen molar-refractivity contribution in [1.82, 2.24) is 0 Å². The van der Waals surface area contributed by atoms with Gasteiger partial charge in [-0.15, -0.1) is 10.0 Å². The minimum atomic E-state index is -1.37. The Hall–Kier alpha value is -0.440. The molecule has 2 fully saturated rings. The van der Waals surface area contributed by atoms with Crippen molar-refractivity contribution in [2.75, 3.05) is 18.3 Å². The van der Waals surface area contributed by atoms with E-state index in [9.17, 15) is 4.79 Å². The minimum absolute atomic E-state index is 0.100. The van der Waals surface area contributed by atoms with Gasteiger partial charge in [-0.3, -0.25) is 0 Å². The van der Waals surface area contributed by atoms with Gasteiger partial charge in [-0.1, -0.05) is 38.8 Å². The summed E-state index contributed by atoms with van der Waals surface area (Å²) >= 11 is 0. The second-order valence-electron chi connectivity index (χ2n) is 9.68. The molecule has 3 unspecified atom stereocenters. The lowest BCUT2D eigenvalue weighted by molar-refractivity contribution is -0.0488. The molecular formula is C20H34O2S. The highest BCUT2D eigenvalue weighted by Crippen LogP contribution is 2.59. The highest BCUT2D eigenvalue weighted by Gasteiger charge is 2.52. The van der Waals surface area contributed by atoms with E-state index in [0.29, 0.717) is 5.92 Å². The second-order valence-corrected chi connectivity index (χ2v) is 13.4. The maximum atomic E-state index is 13.0. The zero-order valence-electron chi connectivity index (χ0n) is 15.8. The zero-order chi connectivity index (χ0) is 17.0. The van der Waals surface area contributed by atoms with Gasteiger partial charge in [0.2, 0.25) is 0 Å². The molecule has 3 heteroatoms. The third-order valence-corrected chi connectivity index (χ3v) is 8.61. The van der Waals surface area contributed by atoms with Crippen LogP contribution in [0.5, 0.6) is 0 Å². The number of hydrogen-bond donors (Lipinski definition) is 0. The SMILES string of the molecule is CCC1(OC(=O)S(C)(C)CC(C)(C)C)CCC2=C3CC3CC1C2. The van der Waals surface area contributed by atoms with Crippen molar-refractivity contribution in [2.24, 2.45) is 17.3 Å². The summed E-state index contributed by atoms with van der Waals surface area (Å²) in [7, 11) is -1.37. The number of rotatable bonds is 3. The Labute approximate surface area is 143 Å². The van der Waals surface area contributed by atoms with Crippen LogP contribution in [0.3, 0.4) is 0 Å². The van der Waals surface area contributed by atoms with Crippen LogP contribution < -0.4 is 0 Å². The fraction of sp³-hybridized carbons (Fsp3) is 0.850. The fourth-order valence-electron chi connectivity index (χ4n) is 5.04. The summed E-state index contributed by atoms with van der Waals surface area (Å²) in [6.07, 6.45) is 11.3. The molecule has 0 aromatic heterocycles. The fourth-order valence-corrected chi connectivity index (χ4v) is 7.72. The van der Waals surface area contributed by atoms with Crippen LogP contribution in [-0.2, 0) is 4.74 Å². The number of hydrogen-bond acceptors (Lipinski definition) is 2. The molecule has 0 spiro atoms. The predicted molar refractivity (Wildman–Crippen MR) is 100 cm³/mol. The summed E-state index contributed by atoms with van der Waals surface area (Å²) in [5.41, 5.74) is 3.47. The van der Waals surface area contributed by atoms with Crippen molar-refractivity contribution in [2.45, 2.75) is 71.8 Å². The highest BCUT2D eigenvalue weighted by atomic mass is 32.3. The number of allylic oxidation sites excluding steroid dienone is 2. The molecule has 3 rings (SSSR count). The Kier molecular flexibility index (Phi) is 4.19. The van der Waals surface area contributed by atoms with Gasteiger partial charge in [-0.2, -0.15) is 0 Å². The van der Waals surface area contributed by atoms with E-state index in [1.54, 1.807) is 11.1 Å². The molecule has 0 aromatic rings. The summed E-state index contributed by atoms with van der Waals surface area (Å²) in [5, 5.41) is 0.100. The third kappa shape index (κ3) is 3.36. The molecule has 0 saturated heterocycles. The van der Waals surface area contributed by atoms with Gasteiger partial charge in [0.25, 0.3) is 0 Å². The van der Waals surface area contributed by atoms with Gasteiger partial charge in [0.05, 0.1) is 0 Å². The lowest BCUT2D eigenvalue weighted by Gasteiger charge is -2.47. The first-order chi connectivity index (χ1) is 10.6. The van der Waals surface area contributed by atoms with Crippen LogP contribution in [0.15, 0.2) is 11.1 Å². The van der Waals surface area contributed by atoms with Crippen molar-refractivity contribution < 1.29 is 9.53 Å². The Balaban J connectivity index is 1.74. The maximum absolute atomic E-state index is 13.0. The molecule has 0 aromatic carbocycles. The predicted octanol–water partition coefficient (Wildman–Crippen LogP) is 5.90. The average molecular weight is 339 g/mol. The summed E-state index contributed by atoms with van der Waals surface area (Å²) in [4.78, 5) is 13.0. The van der Waals surface area contributed by atoms with Crippen LogP contribution in [0.2, 0.25) is 0 Å². The van der Waals surface area contributed by atoms with Crippen LogP contribution in [-0.4, -0.2) is 29.2 Å². The van der Waals surface area contributed by atoms with Crippen LogP contribution in [0, 0.1) is 17.3 Å². The van der Waals surface area contributed by atoms with Gasteiger partial charge < -0.3 is 4.74 Å². The minimum Gasteiger partial charge on any atom is -0.452 e. The monoisotopic (exact) mass is 338 g/mol. The maximum Gasteiger partial charge on any atom is 0.349 e. The van der Waals surface area contributed by atoms with Gasteiger partial charge in [0.1, 0.15) is 5.60 Å². The molecule has 132 valence electrons. The van der Waals surface area contributed by atoms with Crippen molar-refractivity contribution in [3.05, 3.63) is 11.1 Å². The van der Waals surface area contributed by atoms with Gasteiger partial charge in [-0.25, -0.2) is 4.79 Å². The van der Waals surface area contributed by atoms with Crippen LogP contribution in [0.1, 0.15) is 66.2 Å². The molecule has 0 N–H and O–H groups in total. The molecule has 2 bridgehead atoms. The van der Waals surface area contributed by atoms with Gasteiger partial charge in [-0.05, 0) is 68.1 Å². The molecule has 0 amide bonds. The van der Waals surface area contributed by atoms with Crippen LogP contribution in [0.25, 0.3) is 0 Å². The summed E-state index contributed by atoms with van der Waals surface area (Å²) in [5.74, 6) is 2.35. The summed E-state index contributed by atoms with van der Waals surface area (Å²) < 4.78 is 6.37. The first-order valence-electron chi connectivity index (χ1n) is 9.21. The Morgan fingerprint density at radius 1 is 1.30 bits per heavy atom. The Morgan fingerprint density at radius 3 is 2.61 bits per heavy atom. The first-order valence-corrected chi connectivity index (χ1v) is 11.8. The standard InChI is InChI=1S/C20H34O2S/c1-7-20(22-18(21)23(5,6)13-19(2,3)4)9-8-14-10-16(20)11-15-12-17(14)15/h15-16H,7-13H2,1-6H3.